The van der Waals surface area contributed by atoms with Crippen molar-refractivity contribution in [2.24, 2.45) is 0 Å². The van der Waals surface area contributed by atoms with E-state index in [0.717, 1.165) is 33.5 Å². The van der Waals surface area contributed by atoms with E-state index in [-0.39, 0.29) is 13.0 Å². The van der Waals surface area contributed by atoms with Crippen LogP contribution in [0.2, 0.25) is 0 Å². The van der Waals surface area contributed by atoms with Crippen LogP contribution >= 0.6 is 0 Å². The van der Waals surface area contributed by atoms with E-state index >= 15 is 0 Å². The Hall–Kier alpha value is -3.68. The summed E-state index contributed by atoms with van der Waals surface area (Å²) in [6.45, 7) is 9.26. The molecule has 3 aromatic rings. The lowest BCUT2D eigenvalue weighted by atomic mass is 10.1. The first-order valence-electron chi connectivity index (χ1n) is 10.9. The predicted octanol–water partition coefficient (Wildman–Crippen LogP) is 4.68. The maximum atomic E-state index is 12.4. The lowest BCUT2D eigenvalue weighted by Gasteiger charge is -2.23. The first-order valence-corrected chi connectivity index (χ1v) is 10.9. The minimum atomic E-state index is -0.855. The number of nitrogens with one attached hydrogen (secondary N) is 2. The highest BCUT2D eigenvalue weighted by atomic mass is 16.6. The molecule has 8 heteroatoms. The van der Waals surface area contributed by atoms with Crippen LogP contribution in [0.5, 0.6) is 0 Å². The summed E-state index contributed by atoms with van der Waals surface area (Å²) in [6, 6.07) is 12.7. The fourth-order valence-electron chi connectivity index (χ4n) is 3.36. The van der Waals surface area contributed by atoms with E-state index in [0.29, 0.717) is 0 Å². The molecule has 0 aliphatic heterocycles. The van der Waals surface area contributed by atoms with Gasteiger partial charge in [-0.05, 0) is 63.9 Å². The van der Waals surface area contributed by atoms with Gasteiger partial charge in [-0.3, -0.25) is 0 Å². The molecular weight excluding hydrogens is 420 g/mol. The van der Waals surface area contributed by atoms with Gasteiger partial charge < -0.3 is 20.1 Å². The first kappa shape index (κ1) is 24.0. The van der Waals surface area contributed by atoms with Gasteiger partial charge in [-0.25, -0.2) is 19.6 Å². The van der Waals surface area contributed by atoms with Crippen molar-refractivity contribution in [2.45, 2.75) is 52.7 Å². The van der Waals surface area contributed by atoms with Crippen LogP contribution in [-0.2, 0) is 20.7 Å². The van der Waals surface area contributed by atoms with Gasteiger partial charge in [-0.1, -0.05) is 24.3 Å². The van der Waals surface area contributed by atoms with Gasteiger partial charge in [0.1, 0.15) is 23.8 Å². The molecule has 1 heterocycles. The predicted molar refractivity (Wildman–Crippen MR) is 127 cm³/mol. The van der Waals surface area contributed by atoms with Gasteiger partial charge in [-0.2, -0.15) is 0 Å². The molecule has 0 aliphatic rings. The molecule has 8 nitrogen and oxygen atoms in total. The quantitative estimate of drug-likeness (QED) is 0.504. The number of carbonyl (C=O) groups excluding carboxylic acids is 2. The van der Waals surface area contributed by atoms with Gasteiger partial charge in [-0.15, -0.1) is 0 Å². The lowest BCUT2D eigenvalue weighted by Crippen LogP contribution is -2.45. The zero-order valence-electron chi connectivity index (χ0n) is 19.6. The third-order valence-electron chi connectivity index (χ3n) is 4.79. The van der Waals surface area contributed by atoms with Gasteiger partial charge in [0, 0.05) is 17.5 Å². The van der Waals surface area contributed by atoms with Crippen molar-refractivity contribution >= 4 is 34.5 Å². The summed E-state index contributed by atoms with van der Waals surface area (Å²) in [5.74, 6) is 0.218. The van der Waals surface area contributed by atoms with Crippen molar-refractivity contribution < 1.29 is 19.1 Å². The molecule has 0 spiro atoms. The third-order valence-corrected chi connectivity index (χ3v) is 4.79. The number of hydrogen-bond acceptors (Lipinski definition) is 7. The highest BCUT2D eigenvalue weighted by Crippen LogP contribution is 2.26. The number of ether oxygens (including phenoxy) is 2. The fraction of sp³-hybridized carbons (Fsp3) is 0.360. The van der Waals surface area contributed by atoms with E-state index in [9.17, 15) is 9.59 Å². The largest absolute Gasteiger partial charge is 0.464 e. The van der Waals surface area contributed by atoms with Crippen molar-refractivity contribution in [3.8, 4) is 0 Å². The Balaban J connectivity index is 1.74. The number of rotatable bonds is 7. The Kier molecular flexibility index (Phi) is 7.48. The number of aryl methyl sites for hydroxylation is 1. The smallest absolute Gasteiger partial charge is 0.408 e. The topological polar surface area (TPSA) is 102 Å². The number of carbonyl (C=O) groups is 2. The monoisotopic (exact) mass is 450 g/mol. The van der Waals surface area contributed by atoms with Gasteiger partial charge in [0.2, 0.25) is 0 Å². The number of amides is 1. The number of esters is 1. The Morgan fingerprint density at radius 3 is 2.45 bits per heavy atom. The minimum Gasteiger partial charge on any atom is -0.464 e. The highest BCUT2D eigenvalue weighted by Gasteiger charge is 2.25. The molecule has 1 unspecified atom stereocenters. The molecule has 0 saturated carbocycles. The third kappa shape index (κ3) is 6.65. The minimum absolute atomic E-state index is 0.223. The summed E-state index contributed by atoms with van der Waals surface area (Å²) >= 11 is 0. The number of nitrogens with zero attached hydrogens (tertiary/aromatic N) is 2. The van der Waals surface area contributed by atoms with Crippen LogP contribution < -0.4 is 10.6 Å². The van der Waals surface area contributed by atoms with Gasteiger partial charge >= 0.3 is 12.1 Å². The second kappa shape index (κ2) is 10.3. The first-order chi connectivity index (χ1) is 15.7. The molecule has 0 fully saturated rings. The standard InChI is InChI=1S/C25H30N4O4/c1-6-32-23(30)20(29-24(31)33-25(3,4)5)14-17-10-12-18(13-11-17)28-22-21-16(2)8-7-9-19(21)26-15-27-22/h7-13,15,20H,6,14H2,1-5H3,(H,29,31)(H,26,27,28). The number of anilines is 2. The average molecular weight is 451 g/mol. The molecule has 0 radical (unpaired) electrons. The summed E-state index contributed by atoms with van der Waals surface area (Å²) in [6.07, 6.45) is 1.14. The molecule has 2 N–H and O–H groups in total. The average Bonchev–Trinajstić information content (AvgIpc) is 2.74. The van der Waals surface area contributed by atoms with E-state index in [2.05, 4.69) is 20.6 Å². The van der Waals surface area contributed by atoms with Crippen molar-refractivity contribution in [1.82, 2.24) is 15.3 Å². The summed E-state index contributed by atoms with van der Waals surface area (Å²) in [5.41, 5.74) is 2.99. The normalized spacial score (nSPS) is 12.2. The summed E-state index contributed by atoms with van der Waals surface area (Å²) in [5, 5.41) is 6.92. The van der Waals surface area contributed by atoms with E-state index in [1.165, 1.54) is 6.33 Å². The van der Waals surface area contributed by atoms with Crippen molar-refractivity contribution in [2.75, 3.05) is 11.9 Å². The van der Waals surface area contributed by atoms with Crippen molar-refractivity contribution in [1.29, 1.82) is 0 Å². The zero-order valence-corrected chi connectivity index (χ0v) is 19.6. The number of aromatic nitrogens is 2. The second-order valence-electron chi connectivity index (χ2n) is 8.67. The summed E-state index contributed by atoms with van der Waals surface area (Å²) < 4.78 is 10.4. The van der Waals surface area contributed by atoms with Crippen molar-refractivity contribution in [3.63, 3.8) is 0 Å². The fourth-order valence-corrected chi connectivity index (χ4v) is 3.36. The molecule has 2 aromatic carbocycles. The van der Waals surface area contributed by atoms with Crippen LogP contribution in [0.15, 0.2) is 48.8 Å². The number of benzene rings is 2. The Bertz CT molecular complexity index is 1120. The molecule has 3 rings (SSSR count). The molecule has 0 saturated heterocycles. The summed E-state index contributed by atoms with van der Waals surface area (Å²) in [7, 11) is 0. The van der Waals surface area contributed by atoms with Crippen LogP contribution in [0.1, 0.15) is 38.8 Å². The molecular formula is C25H30N4O4. The zero-order chi connectivity index (χ0) is 24.0. The van der Waals surface area contributed by atoms with Crippen molar-refractivity contribution in [3.05, 3.63) is 59.9 Å². The summed E-state index contributed by atoms with van der Waals surface area (Å²) in [4.78, 5) is 33.3. The Labute approximate surface area is 193 Å². The van der Waals surface area contributed by atoms with Crippen LogP contribution in [-0.4, -0.2) is 40.3 Å². The molecule has 1 atom stereocenters. The van der Waals surface area contributed by atoms with E-state index in [1.807, 2.05) is 49.4 Å². The molecule has 33 heavy (non-hydrogen) atoms. The molecule has 1 aromatic heterocycles. The molecule has 174 valence electrons. The number of fused-ring (bicyclic) bond motifs is 1. The maximum absolute atomic E-state index is 12.4. The van der Waals surface area contributed by atoms with Crippen LogP contribution in [0.3, 0.4) is 0 Å². The van der Waals surface area contributed by atoms with E-state index in [4.69, 9.17) is 9.47 Å². The van der Waals surface area contributed by atoms with Gasteiger partial charge in [0.25, 0.3) is 0 Å². The van der Waals surface area contributed by atoms with Crippen LogP contribution in [0.25, 0.3) is 10.9 Å². The van der Waals surface area contributed by atoms with Gasteiger partial charge in [0.05, 0.1) is 12.1 Å². The van der Waals surface area contributed by atoms with Crippen LogP contribution in [0.4, 0.5) is 16.3 Å². The number of hydrogen-bond donors (Lipinski definition) is 2. The molecule has 0 aliphatic carbocycles. The Morgan fingerprint density at radius 1 is 1.06 bits per heavy atom. The Morgan fingerprint density at radius 2 is 1.79 bits per heavy atom. The molecule has 0 bridgehead atoms. The van der Waals surface area contributed by atoms with E-state index in [1.54, 1.807) is 27.7 Å². The second-order valence-corrected chi connectivity index (χ2v) is 8.67. The number of alkyl carbamates (subject to hydrolysis) is 1. The lowest BCUT2D eigenvalue weighted by molar-refractivity contribution is -0.145. The van der Waals surface area contributed by atoms with Crippen LogP contribution in [0, 0.1) is 6.92 Å². The highest BCUT2D eigenvalue weighted by molar-refractivity contribution is 5.93. The SMILES string of the molecule is CCOC(=O)C(Cc1ccc(Nc2ncnc3cccc(C)c23)cc1)NC(=O)OC(C)(C)C. The van der Waals surface area contributed by atoms with Gasteiger partial charge in [0.15, 0.2) is 0 Å². The molecule has 1 amide bonds. The maximum Gasteiger partial charge on any atom is 0.408 e. The van der Waals surface area contributed by atoms with E-state index < -0.39 is 23.7 Å².